The number of aliphatic hydroxyl groups is 1. The predicted octanol–water partition coefficient (Wildman–Crippen LogP) is 3.64. The summed E-state index contributed by atoms with van der Waals surface area (Å²) < 4.78 is 4.94. The van der Waals surface area contributed by atoms with Crippen LogP contribution in [0.5, 0.6) is 0 Å². The third-order valence-corrected chi connectivity index (χ3v) is 4.66. The third kappa shape index (κ3) is 8.26. The number of aryl methyl sites for hydroxylation is 1. The van der Waals surface area contributed by atoms with Crippen LogP contribution in [0.25, 0.3) is 10.9 Å². The van der Waals surface area contributed by atoms with Gasteiger partial charge in [-0.25, -0.2) is 4.98 Å². The van der Waals surface area contributed by atoms with E-state index in [1.54, 1.807) is 6.92 Å². The summed E-state index contributed by atoms with van der Waals surface area (Å²) in [6.07, 6.45) is 1.07. The smallest absolute Gasteiger partial charge is 0.307 e. The molecule has 1 heterocycles. The lowest BCUT2D eigenvalue weighted by Gasteiger charge is -2.19. The fourth-order valence-corrected chi connectivity index (χ4v) is 3.11. The largest absolute Gasteiger partial charge is 0.466 e. The second kappa shape index (κ2) is 13.9. The summed E-state index contributed by atoms with van der Waals surface area (Å²) >= 11 is 0. The molecule has 0 fully saturated rings. The minimum Gasteiger partial charge on any atom is -0.466 e. The first kappa shape index (κ1) is 25.8. The number of nitrogens with zero attached hydrogens (tertiary/aromatic N) is 1. The number of aliphatic hydroxyl groups excluding tert-OH is 1. The number of fused-ring (bicyclic) bond motifs is 1. The maximum Gasteiger partial charge on any atom is 0.307 e. The van der Waals surface area contributed by atoms with Crippen LogP contribution in [0.3, 0.4) is 0 Å². The molecule has 0 aliphatic heterocycles. The molecule has 0 saturated carbocycles. The van der Waals surface area contributed by atoms with Crippen molar-refractivity contribution >= 4 is 22.7 Å². The number of hydrogen-bond donors (Lipinski definition) is 4. The van der Waals surface area contributed by atoms with Crippen molar-refractivity contribution in [1.82, 2.24) is 10.3 Å². The Balaban J connectivity index is 0.00000218. The van der Waals surface area contributed by atoms with E-state index < -0.39 is 6.23 Å². The van der Waals surface area contributed by atoms with Crippen LogP contribution in [0.15, 0.2) is 24.3 Å². The van der Waals surface area contributed by atoms with Gasteiger partial charge in [-0.2, -0.15) is 0 Å². The summed E-state index contributed by atoms with van der Waals surface area (Å²) in [7, 11) is 0. The SMILES string of the molecule is CC.CCOC(=O)CCNC(CC)CCNc1nc2ccc(C)cc2cc1C(N)O. The number of carbonyl (C=O) groups is 1. The van der Waals surface area contributed by atoms with Gasteiger partial charge in [0, 0.05) is 30.1 Å². The maximum absolute atomic E-state index is 11.4. The van der Waals surface area contributed by atoms with Gasteiger partial charge in [0.15, 0.2) is 0 Å². The number of benzene rings is 1. The Bertz CT molecular complexity index is 780. The average Bonchev–Trinajstić information content (AvgIpc) is 2.73. The van der Waals surface area contributed by atoms with Crippen molar-refractivity contribution < 1.29 is 14.6 Å². The lowest BCUT2D eigenvalue weighted by atomic mass is 10.1. The van der Waals surface area contributed by atoms with E-state index in [1.807, 2.05) is 45.0 Å². The monoisotopic (exact) mass is 418 g/mol. The van der Waals surface area contributed by atoms with Crippen LogP contribution < -0.4 is 16.4 Å². The summed E-state index contributed by atoms with van der Waals surface area (Å²) in [5, 5.41) is 17.6. The molecule has 7 heteroatoms. The van der Waals surface area contributed by atoms with Crippen molar-refractivity contribution in [2.45, 2.75) is 66.2 Å². The van der Waals surface area contributed by atoms with Crippen LogP contribution in [0.1, 0.15) is 64.3 Å². The number of carbonyl (C=O) groups excluding carboxylic acids is 1. The van der Waals surface area contributed by atoms with Gasteiger partial charge in [-0.3, -0.25) is 4.79 Å². The van der Waals surface area contributed by atoms with Gasteiger partial charge in [-0.15, -0.1) is 0 Å². The Morgan fingerprint density at radius 2 is 1.97 bits per heavy atom. The second-order valence-electron chi connectivity index (χ2n) is 6.90. The van der Waals surface area contributed by atoms with Crippen molar-refractivity contribution in [3.05, 3.63) is 35.4 Å². The first-order valence-electron chi connectivity index (χ1n) is 10.9. The van der Waals surface area contributed by atoms with E-state index in [0.29, 0.717) is 37.5 Å². The molecule has 0 radical (unpaired) electrons. The molecule has 0 aliphatic carbocycles. The number of nitrogens with two attached hydrogens (primary N) is 1. The Labute approximate surface area is 180 Å². The quantitative estimate of drug-likeness (QED) is 0.326. The zero-order chi connectivity index (χ0) is 22.5. The van der Waals surface area contributed by atoms with E-state index in [0.717, 1.165) is 29.3 Å². The van der Waals surface area contributed by atoms with E-state index in [4.69, 9.17) is 10.5 Å². The van der Waals surface area contributed by atoms with Crippen molar-refractivity contribution in [2.75, 3.05) is 25.0 Å². The van der Waals surface area contributed by atoms with Gasteiger partial charge >= 0.3 is 5.97 Å². The van der Waals surface area contributed by atoms with Crippen molar-refractivity contribution in [1.29, 1.82) is 0 Å². The molecular weight excluding hydrogens is 380 g/mol. The number of rotatable bonds is 11. The zero-order valence-corrected chi connectivity index (χ0v) is 19.0. The van der Waals surface area contributed by atoms with Crippen molar-refractivity contribution in [2.24, 2.45) is 5.73 Å². The summed E-state index contributed by atoms with van der Waals surface area (Å²) in [4.78, 5) is 16.1. The molecule has 0 aliphatic rings. The minimum absolute atomic E-state index is 0.180. The molecule has 0 amide bonds. The lowest BCUT2D eigenvalue weighted by Crippen LogP contribution is -2.32. The average molecular weight is 419 g/mol. The fraction of sp³-hybridized carbons (Fsp3) is 0.565. The first-order chi connectivity index (χ1) is 14.4. The van der Waals surface area contributed by atoms with Crippen LogP contribution in [0, 0.1) is 6.92 Å². The summed E-state index contributed by atoms with van der Waals surface area (Å²) in [5.41, 5.74) is 8.31. The number of ether oxygens (including phenoxy) is 1. The molecule has 1 aromatic carbocycles. The number of esters is 1. The molecule has 0 spiro atoms. The number of pyridine rings is 1. The second-order valence-corrected chi connectivity index (χ2v) is 6.90. The Hall–Kier alpha value is -2.22. The molecule has 7 nitrogen and oxygen atoms in total. The van der Waals surface area contributed by atoms with Crippen LogP contribution in [0.2, 0.25) is 0 Å². The zero-order valence-electron chi connectivity index (χ0n) is 19.0. The van der Waals surface area contributed by atoms with Gasteiger partial charge in [-0.1, -0.05) is 32.4 Å². The Kier molecular flexibility index (Phi) is 12.0. The van der Waals surface area contributed by atoms with Gasteiger partial charge in [0.05, 0.1) is 18.5 Å². The van der Waals surface area contributed by atoms with Gasteiger partial charge in [0.25, 0.3) is 0 Å². The van der Waals surface area contributed by atoms with Gasteiger partial charge in [-0.05, 0) is 44.9 Å². The summed E-state index contributed by atoms with van der Waals surface area (Å²) in [6.45, 7) is 11.6. The summed E-state index contributed by atoms with van der Waals surface area (Å²) in [5.74, 6) is 0.424. The number of aromatic nitrogens is 1. The maximum atomic E-state index is 11.4. The minimum atomic E-state index is -1.09. The topological polar surface area (TPSA) is 110 Å². The standard InChI is InChI=1S/C21H32N4O3.C2H6/c1-4-16(23-11-9-19(26)28-5-2)8-10-24-21-17(20(22)27)13-15-12-14(3)6-7-18(15)25-21;1-2/h6-7,12-13,16,20,23,27H,4-5,8-11,22H2,1-3H3,(H,24,25);1-2H3. The van der Waals surface area contributed by atoms with Crippen molar-refractivity contribution in [3.63, 3.8) is 0 Å². The molecule has 5 N–H and O–H groups in total. The van der Waals surface area contributed by atoms with E-state index in [2.05, 4.69) is 22.5 Å². The molecule has 168 valence electrons. The molecule has 0 bridgehead atoms. The van der Waals surface area contributed by atoms with E-state index in [1.165, 1.54) is 0 Å². The lowest BCUT2D eigenvalue weighted by molar-refractivity contribution is -0.143. The number of hydrogen-bond acceptors (Lipinski definition) is 7. The van der Waals surface area contributed by atoms with Gasteiger partial charge in [0.1, 0.15) is 12.0 Å². The van der Waals surface area contributed by atoms with Crippen LogP contribution >= 0.6 is 0 Å². The Morgan fingerprint density at radius 1 is 1.23 bits per heavy atom. The van der Waals surface area contributed by atoms with E-state index in [9.17, 15) is 9.90 Å². The Morgan fingerprint density at radius 3 is 2.60 bits per heavy atom. The molecular formula is C23H38N4O3. The normalized spacial score (nSPS) is 12.6. The molecule has 30 heavy (non-hydrogen) atoms. The highest BCUT2D eigenvalue weighted by atomic mass is 16.5. The van der Waals surface area contributed by atoms with Crippen LogP contribution in [-0.4, -0.2) is 41.8 Å². The highest BCUT2D eigenvalue weighted by Gasteiger charge is 2.13. The van der Waals surface area contributed by atoms with Crippen LogP contribution in [0.4, 0.5) is 5.82 Å². The third-order valence-electron chi connectivity index (χ3n) is 4.66. The van der Waals surface area contributed by atoms with Crippen molar-refractivity contribution in [3.8, 4) is 0 Å². The fourth-order valence-electron chi connectivity index (χ4n) is 3.11. The molecule has 0 saturated heterocycles. The highest BCUT2D eigenvalue weighted by Crippen LogP contribution is 2.24. The molecule has 2 atom stereocenters. The van der Waals surface area contributed by atoms with Crippen LogP contribution in [-0.2, 0) is 9.53 Å². The first-order valence-corrected chi connectivity index (χ1v) is 10.9. The van der Waals surface area contributed by atoms with Gasteiger partial charge in [0.2, 0.25) is 0 Å². The number of nitrogens with one attached hydrogen (secondary N) is 2. The predicted molar refractivity (Wildman–Crippen MR) is 123 cm³/mol. The molecule has 2 rings (SSSR count). The van der Waals surface area contributed by atoms with E-state index in [-0.39, 0.29) is 12.0 Å². The molecule has 2 unspecified atom stereocenters. The molecule has 2 aromatic rings. The summed E-state index contributed by atoms with van der Waals surface area (Å²) in [6, 6.07) is 8.17. The van der Waals surface area contributed by atoms with Gasteiger partial charge < -0.3 is 26.2 Å². The highest BCUT2D eigenvalue weighted by molar-refractivity contribution is 5.82. The van der Waals surface area contributed by atoms with E-state index >= 15 is 0 Å². The molecule has 1 aromatic heterocycles. The number of anilines is 1.